The van der Waals surface area contributed by atoms with Gasteiger partial charge < -0.3 is 20.1 Å². The van der Waals surface area contributed by atoms with E-state index >= 15 is 0 Å². The van der Waals surface area contributed by atoms with Crippen LogP contribution in [-0.4, -0.2) is 55.7 Å². The first kappa shape index (κ1) is 15.9. The Kier molecular flexibility index (Phi) is 7.49. The number of esters is 1. The number of carbonyl (C=O) groups is 2. The Bertz CT molecular complexity index is 258. The molecule has 2 unspecified atom stereocenters. The molecule has 0 aromatic rings. The highest BCUT2D eigenvalue weighted by molar-refractivity contribution is 6.01. The van der Waals surface area contributed by atoms with Crippen LogP contribution in [0.25, 0.3) is 0 Å². The van der Waals surface area contributed by atoms with Gasteiger partial charge in [-0.3, -0.25) is 4.79 Å². The van der Waals surface area contributed by atoms with E-state index in [1.54, 1.807) is 14.0 Å². The first-order chi connectivity index (χ1) is 7.99. The molecule has 0 saturated carbocycles. The standard InChI is InChI=1S/C11H22N2O4/c1-5-13(8(3)7-16-4)10(14)9(12)11(15)17-6-2/h8-9H,5-7,12H2,1-4H3. The second kappa shape index (κ2) is 8.03. The summed E-state index contributed by atoms with van der Waals surface area (Å²) in [4.78, 5) is 24.8. The van der Waals surface area contributed by atoms with E-state index in [9.17, 15) is 9.59 Å². The Labute approximate surface area is 102 Å². The summed E-state index contributed by atoms with van der Waals surface area (Å²) in [6, 6.07) is -1.38. The largest absolute Gasteiger partial charge is 0.464 e. The van der Waals surface area contributed by atoms with Crippen LogP contribution in [0.1, 0.15) is 20.8 Å². The Morgan fingerprint density at radius 3 is 2.35 bits per heavy atom. The molecule has 6 heteroatoms. The highest BCUT2D eigenvalue weighted by Crippen LogP contribution is 2.03. The van der Waals surface area contributed by atoms with Gasteiger partial charge in [0.1, 0.15) is 0 Å². The summed E-state index contributed by atoms with van der Waals surface area (Å²) < 4.78 is 9.69. The molecule has 0 aliphatic rings. The Hall–Kier alpha value is -1.14. The van der Waals surface area contributed by atoms with Crippen LogP contribution in [0.5, 0.6) is 0 Å². The quantitative estimate of drug-likeness (QED) is 0.495. The van der Waals surface area contributed by atoms with E-state index in [1.807, 2.05) is 13.8 Å². The molecule has 1 amide bonds. The predicted molar refractivity (Wildman–Crippen MR) is 63.3 cm³/mol. The molecule has 0 aromatic carbocycles. The fraction of sp³-hybridized carbons (Fsp3) is 0.818. The monoisotopic (exact) mass is 246 g/mol. The molecule has 17 heavy (non-hydrogen) atoms. The summed E-state index contributed by atoms with van der Waals surface area (Å²) in [7, 11) is 1.56. The number of amides is 1. The minimum atomic E-state index is -1.26. The van der Waals surface area contributed by atoms with Gasteiger partial charge in [0, 0.05) is 13.7 Å². The van der Waals surface area contributed by atoms with Crippen LogP contribution >= 0.6 is 0 Å². The van der Waals surface area contributed by atoms with Gasteiger partial charge in [-0.15, -0.1) is 0 Å². The number of likely N-dealkylation sites (N-methyl/N-ethyl adjacent to an activating group) is 1. The Balaban J connectivity index is 4.57. The third kappa shape index (κ3) is 4.70. The van der Waals surface area contributed by atoms with Crippen molar-refractivity contribution in [2.75, 3.05) is 26.9 Å². The Morgan fingerprint density at radius 2 is 1.94 bits per heavy atom. The molecule has 6 nitrogen and oxygen atoms in total. The zero-order chi connectivity index (χ0) is 13.4. The van der Waals surface area contributed by atoms with E-state index in [4.69, 9.17) is 15.2 Å². The molecule has 2 atom stereocenters. The molecular formula is C11H22N2O4. The van der Waals surface area contributed by atoms with Gasteiger partial charge in [-0.1, -0.05) is 0 Å². The van der Waals surface area contributed by atoms with Crippen molar-refractivity contribution >= 4 is 11.9 Å². The fourth-order valence-electron chi connectivity index (χ4n) is 1.53. The van der Waals surface area contributed by atoms with Gasteiger partial charge >= 0.3 is 5.97 Å². The summed E-state index contributed by atoms with van der Waals surface area (Å²) >= 11 is 0. The van der Waals surface area contributed by atoms with E-state index in [1.165, 1.54) is 4.90 Å². The van der Waals surface area contributed by atoms with E-state index in [-0.39, 0.29) is 12.6 Å². The Morgan fingerprint density at radius 1 is 1.35 bits per heavy atom. The van der Waals surface area contributed by atoms with Crippen LogP contribution in [0.2, 0.25) is 0 Å². The van der Waals surface area contributed by atoms with Crippen molar-refractivity contribution in [1.29, 1.82) is 0 Å². The number of rotatable bonds is 7. The van der Waals surface area contributed by atoms with Gasteiger partial charge in [0.2, 0.25) is 0 Å². The SMILES string of the molecule is CCOC(=O)C(N)C(=O)N(CC)C(C)COC. The lowest BCUT2D eigenvalue weighted by Crippen LogP contribution is -2.52. The maximum atomic E-state index is 12.0. The number of ether oxygens (including phenoxy) is 2. The molecule has 2 N–H and O–H groups in total. The lowest BCUT2D eigenvalue weighted by atomic mass is 10.2. The van der Waals surface area contributed by atoms with Crippen molar-refractivity contribution < 1.29 is 19.1 Å². The topological polar surface area (TPSA) is 81.9 Å². The summed E-state index contributed by atoms with van der Waals surface area (Å²) in [5, 5.41) is 0. The third-order valence-corrected chi connectivity index (χ3v) is 2.37. The van der Waals surface area contributed by atoms with Gasteiger partial charge in [0.15, 0.2) is 6.04 Å². The summed E-state index contributed by atoms with van der Waals surface area (Å²) in [5.41, 5.74) is 5.55. The third-order valence-electron chi connectivity index (χ3n) is 2.37. The van der Waals surface area contributed by atoms with Gasteiger partial charge in [-0.2, -0.15) is 0 Å². The minimum Gasteiger partial charge on any atom is -0.464 e. The molecule has 100 valence electrons. The number of methoxy groups -OCH3 is 1. The van der Waals surface area contributed by atoms with E-state index in [2.05, 4.69) is 0 Å². The molecular weight excluding hydrogens is 224 g/mol. The van der Waals surface area contributed by atoms with E-state index < -0.39 is 17.9 Å². The van der Waals surface area contributed by atoms with Gasteiger partial charge in [-0.25, -0.2) is 4.79 Å². The van der Waals surface area contributed by atoms with Crippen molar-refractivity contribution in [2.24, 2.45) is 5.73 Å². The molecule has 0 aromatic heterocycles. The van der Waals surface area contributed by atoms with Crippen LogP contribution in [0.15, 0.2) is 0 Å². The predicted octanol–water partition coefficient (Wildman–Crippen LogP) is -0.240. The number of nitrogens with zero attached hydrogens (tertiary/aromatic N) is 1. The van der Waals surface area contributed by atoms with Crippen molar-refractivity contribution in [3.63, 3.8) is 0 Å². The molecule has 0 radical (unpaired) electrons. The molecule has 0 spiro atoms. The number of hydrogen-bond donors (Lipinski definition) is 1. The second-order valence-electron chi connectivity index (χ2n) is 3.66. The maximum absolute atomic E-state index is 12.0. The van der Waals surface area contributed by atoms with Crippen LogP contribution in [0.3, 0.4) is 0 Å². The highest BCUT2D eigenvalue weighted by atomic mass is 16.5. The van der Waals surface area contributed by atoms with Gasteiger partial charge in [-0.05, 0) is 20.8 Å². The minimum absolute atomic E-state index is 0.127. The van der Waals surface area contributed by atoms with Gasteiger partial charge in [0.05, 0.1) is 19.3 Å². The first-order valence-corrected chi connectivity index (χ1v) is 5.71. The second-order valence-corrected chi connectivity index (χ2v) is 3.66. The number of carbonyl (C=O) groups excluding carboxylic acids is 2. The zero-order valence-electron chi connectivity index (χ0n) is 10.9. The van der Waals surface area contributed by atoms with Crippen molar-refractivity contribution in [3.05, 3.63) is 0 Å². The molecule has 0 rings (SSSR count). The lowest BCUT2D eigenvalue weighted by Gasteiger charge is -2.29. The van der Waals surface area contributed by atoms with Crippen LogP contribution in [0.4, 0.5) is 0 Å². The molecule has 0 bridgehead atoms. The maximum Gasteiger partial charge on any atom is 0.332 e. The normalized spacial score (nSPS) is 13.9. The van der Waals surface area contributed by atoms with Crippen LogP contribution in [-0.2, 0) is 19.1 Å². The first-order valence-electron chi connectivity index (χ1n) is 5.71. The average molecular weight is 246 g/mol. The molecule has 0 heterocycles. The molecule has 0 aliphatic carbocycles. The zero-order valence-corrected chi connectivity index (χ0v) is 10.9. The van der Waals surface area contributed by atoms with Crippen LogP contribution in [0, 0.1) is 0 Å². The smallest absolute Gasteiger partial charge is 0.332 e. The van der Waals surface area contributed by atoms with Crippen LogP contribution < -0.4 is 5.73 Å². The highest BCUT2D eigenvalue weighted by Gasteiger charge is 2.29. The summed E-state index contributed by atoms with van der Waals surface area (Å²) in [6.45, 7) is 6.40. The van der Waals surface area contributed by atoms with E-state index in [0.717, 1.165) is 0 Å². The number of nitrogens with two attached hydrogens (primary N) is 1. The average Bonchev–Trinajstić information content (AvgIpc) is 2.29. The lowest BCUT2D eigenvalue weighted by molar-refractivity contribution is -0.151. The molecule has 0 aliphatic heterocycles. The molecule has 0 saturated heterocycles. The fourth-order valence-corrected chi connectivity index (χ4v) is 1.53. The van der Waals surface area contributed by atoms with E-state index in [0.29, 0.717) is 13.2 Å². The van der Waals surface area contributed by atoms with Crippen molar-refractivity contribution in [1.82, 2.24) is 4.90 Å². The van der Waals surface area contributed by atoms with Crippen molar-refractivity contribution in [2.45, 2.75) is 32.9 Å². The summed E-state index contributed by atoms with van der Waals surface area (Å²) in [6.07, 6.45) is 0. The summed E-state index contributed by atoms with van der Waals surface area (Å²) in [5.74, 6) is -1.13. The molecule has 0 fully saturated rings. The number of hydrogen-bond acceptors (Lipinski definition) is 5. The van der Waals surface area contributed by atoms with Crippen molar-refractivity contribution in [3.8, 4) is 0 Å². The van der Waals surface area contributed by atoms with Gasteiger partial charge in [0.25, 0.3) is 5.91 Å².